The summed E-state index contributed by atoms with van der Waals surface area (Å²) >= 11 is 0. The quantitative estimate of drug-likeness (QED) is 0.858. The lowest BCUT2D eigenvalue weighted by atomic mass is 9.85. The Kier molecular flexibility index (Phi) is 4.33. The molecule has 124 valence electrons. The van der Waals surface area contributed by atoms with Crippen molar-refractivity contribution in [3.8, 4) is 0 Å². The molecule has 5 nitrogen and oxygen atoms in total. The van der Waals surface area contributed by atoms with Crippen LogP contribution in [-0.2, 0) is 4.79 Å². The van der Waals surface area contributed by atoms with E-state index in [-0.39, 0.29) is 17.4 Å². The molecule has 2 fully saturated rings. The van der Waals surface area contributed by atoms with Crippen LogP contribution in [0.1, 0.15) is 49.4 Å². The van der Waals surface area contributed by atoms with Gasteiger partial charge in [-0.1, -0.05) is 6.92 Å². The average molecular weight is 319 g/mol. The predicted molar refractivity (Wildman–Crippen MR) is 83.3 cm³/mol. The van der Waals surface area contributed by atoms with E-state index in [9.17, 15) is 14.0 Å². The number of amides is 2. The number of carbonyl (C=O) groups excluding carboxylic acids is 2. The second-order valence-corrected chi connectivity index (χ2v) is 6.38. The third-order valence-corrected chi connectivity index (χ3v) is 4.88. The first-order valence-electron chi connectivity index (χ1n) is 8.30. The maximum atomic E-state index is 13.4. The monoisotopic (exact) mass is 319 g/mol. The summed E-state index contributed by atoms with van der Waals surface area (Å²) in [5.74, 6) is -0.770. The third kappa shape index (κ3) is 2.71. The van der Waals surface area contributed by atoms with Gasteiger partial charge in [0.15, 0.2) is 0 Å². The van der Waals surface area contributed by atoms with Gasteiger partial charge >= 0.3 is 0 Å². The molecule has 1 spiro atoms. The number of piperidine rings is 1. The van der Waals surface area contributed by atoms with E-state index in [0.717, 1.165) is 38.5 Å². The Morgan fingerprint density at radius 2 is 2.04 bits per heavy atom. The first-order chi connectivity index (χ1) is 11.1. The summed E-state index contributed by atoms with van der Waals surface area (Å²) in [5.41, 5.74) is -0.525. The Morgan fingerprint density at radius 1 is 1.30 bits per heavy atom. The molecule has 0 N–H and O–H groups in total. The highest BCUT2D eigenvalue weighted by atomic mass is 19.1. The van der Waals surface area contributed by atoms with E-state index in [4.69, 9.17) is 0 Å². The maximum absolute atomic E-state index is 13.4. The van der Waals surface area contributed by atoms with Gasteiger partial charge in [0.25, 0.3) is 5.91 Å². The zero-order chi connectivity index (χ0) is 16.4. The van der Waals surface area contributed by atoms with Crippen molar-refractivity contribution in [3.05, 3.63) is 29.8 Å². The number of pyridine rings is 1. The molecule has 0 aromatic carbocycles. The molecule has 0 saturated carbocycles. The van der Waals surface area contributed by atoms with Crippen LogP contribution in [0.25, 0.3) is 0 Å². The zero-order valence-electron chi connectivity index (χ0n) is 13.4. The Hall–Kier alpha value is -1.98. The summed E-state index contributed by atoms with van der Waals surface area (Å²) in [6, 6.07) is 1.19. The summed E-state index contributed by atoms with van der Waals surface area (Å²) in [6.45, 7) is 4.08. The fraction of sp³-hybridized carbons (Fsp3) is 0.588. The average Bonchev–Trinajstić information content (AvgIpc) is 2.96. The molecule has 1 unspecified atom stereocenters. The van der Waals surface area contributed by atoms with Gasteiger partial charge in [-0.2, -0.15) is 0 Å². The molecule has 2 aliphatic heterocycles. The van der Waals surface area contributed by atoms with E-state index in [0.29, 0.717) is 19.4 Å². The van der Waals surface area contributed by atoms with Crippen LogP contribution >= 0.6 is 0 Å². The zero-order valence-corrected chi connectivity index (χ0v) is 13.4. The van der Waals surface area contributed by atoms with Gasteiger partial charge < -0.3 is 9.80 Å². The number of carbonyl (C=O) groups is 2. The second-order valence-electron chi connectivity index (χ2n) is 6.38. The first-order valence-corrected chi connectivity index (χ1v) is 8.30. The molecule has 0 aliphatic carbocycles. The standard InChI is InChI=1S/C17H22FN3O2/c1-2-7-20-8-3-5-17(16(20)23)6-4-9-21(17)15(22)13-10-14(18)12-19-11-13/h10-12H,2-9H2,1H3. The van der Waals surface area contributed by atoms with E-state index in [1.807, 2.05) is 11.8 Å². The number of hydrogen-bond acceptors (Lipinski definition) is 3. The van der Waals surface area contributed by atoms with Gasteiger partial charge in [-0.15, -0.1) is 0 Å². The van der Waals surface area contributed by atoms with Crippen LogP contribution in [-0.4, -0.2) is 51.8 Å². The lowest BCUT2D eigenvalue weighted by Crippen LogP contribution is -2.61. The van der Waals surface area contributed by atoms with E-state index < -0.39 is 11.4 Å². The fourth-order valence-corrected chi connectivity index (χ4v) is 3.89. The Morgan fingerprint density at radius 3 is 2.74 bits per heavy atom. The normalized spacial score (nSPS) is 24.5. The van der Waals surface area contributed by atoms with Gasteiger partial charge in [0.05, 0.1) is 11.8 Å². The van der Waals surface area contributed by atoms with Gasteiger partial charge in [-0.3, -0.25) is 14.6 Å². The van der Waals surface area contributed by atoms with Crippen molar-refractivity contribution in [2.45, 2.75) is 44.6 Å². The first kappa shape index (κ1) is 15.9. The van der Waals surface area contributed by atoms with E-state index >= 15 is 0 Å². The van der Waals surface area contributed by atoms with E-state index in [1.54, 1.807) is 4.90 Å². The molecule has 2 saturated heterocycles. The van der Waals surface area contributed by atoms with Crippen LogP contribution in [0.2, 0.25) is 0 Å². The highest BCUT2D eigenvalue weighted by molar-refractivity contribution is 5.99. The molecule has 0 radical (unpaired) electrons. The summed E-state index contributed by atoms with van der Waals surface area (Å²) in [4.78, 5) is 33.1. The van der Waals surface area contributed by atoms with Crippen molar-refractivity contribution in [1.29, 1.82) is 0 Å². The highest BCUT2D eigenvalue weighted by Crippen LogP contribution is 2.39. The fourth-order valence-electron chi connectivity index (χ4n) is 3.89. The summed E-state index contributed by atoms with van der Waals surface area (Å²) in [5, 5.41) is 0. The maximum Gasteiger partial charge on any atom is 0.256 e. The number of rotatable bonds is 3. The van der Waals surface area contributed by atoms with Crippen LogP contribution in [0.3, 0.4) is 0 Å². The lowest BCUT2D eigenvalue weighted by Gasteiger charge is -2.44. The van der Waals surface area contributed by atoms with Gasteiger partial charge in [0, 0.05) is 25.8 Å². The van der Waals surface area contributed by atoms with E-state index in [2.05, 4.69) is 4.98 Å². The minimum Gasteiger partial charge on any atom is -0.341 e. The number of likely N-dealkylation sites (tertiary alicyclic amines) is 2. The van der Waals surface area contributed by atoms with Gasteiger partial charge in [0.1, 0.15) is 11.4 Å². The summed E-state index contributed by atoms with van der Waals surface area (Å²) in [7, 11) is 0. The number of halogens is 1. The van der Waals surface area contributed by atoms with Crippen molar-refractivity contribution in [1.82, 2.24) is 14.8 Å². The Balaban J connectivity index is 1.90. The van der Waals surface area contributed by atoms with Gasteiger partial charge in [0.2, 0.25) is 5.91 Å². The smallest absolute Gasteiger partial charge is 0.256 e. The number of hydrogen-bond donors (Lipinski definition) is 0. The van der Waals surface area contributed by atoms with Crippen LogP contribution in [0, 0.1) is 5.82 Å². The van der Waals surface area contributed by atoms with Crippen molar-refractivity contribution in [2.75, 3.05) is 19.6 Å². The minimum absolute atomic E-state index is 0.0563. The molecule has 3 heterocycles. The summed E-state index contributed by atoms with van der Waals surface area (Å²) < 4.78 is 13.4. The van der Waals surface area contributed by atoms with E-state index in [1.165, 1.54) is 12.3 Å². The molecule has 23 heavy (non-hydrogen) atoms. The van der Waals surface area contributed by atoms with Crippen LogP contribution in [0.4, 0.5) is 4.39 Å². The van der Waals surface area contributed by atoms with Crippen molar-refractivity contribution in [3.63, 3.8) is 0 Å². The number of nitrogens with zero attached hydrogens (tertiary/aromatic N) is 3. The molecule has 3 rings (SSSR count). The van der Waals surface area contributed by atoms with Gasteiger partial charge in [-0.05, 0) is 38.2 Å². The Bertz CT molecular complexity index is 620. The largest absolute Gasteiger partial charge is 0.341 e. The number of aromatic nitrogens is 1. The van der Waals surface area contributed by atoms with Crippen molar-refractivity contribution >= 4 is 11.8 Å². The summed E-state index contributed by atoms with van der Waals surface area (Å²) in [6.07, 6.45) is 6.45. The molecular weight excluding hydrogens is 297 g/mol. The van der Waals surface area contributed by atoms with Crippen LogP contribution < -0.4 is 0 Å². The molecule has 6 heteroatoms. The molecule has 1 aromatic rings. The molecule has 2 amide bonds. The molecule has 1 atom stereocenters. The predicted octanol–water partition coefficient (Wildman–Crippen LogP) is 2.23. The SMILES string of the molecule is CCCN1CCCC2(CCCN2C(=O)c2cncc(F)c2)C1=O. The van der Waals surface area contributed by atoms with Gasteiger partial charge in [-0.25, -0.2) is 4.39 Å². The minimum atomic E-state index is -0.739. The van der Waals surface area contributed by atoms with Crippen LogP contribution in [0.5, 0.6) is 0 Å². The molecule has 1 aromatic heterocycles. The third-order valence-electron chi connectivity index (χ3n) is 4.88. The molecule has 2 aliphatic rings. The molecule has 0 bridgehead atoms. The van der Waals surface area contributed by atoms with Crippen molar-refractivity contribution < 1.29 is 14.0 Å². The molecular formula is C17H22FN3O2. The van der Waals surface area contributed by atoms with Crippen molar-refractivity contribution in [2.24, 2.45) is 0 Å². The lowest BCUT2D eigenvalue weighted by molar-refractivity contribution is -0.145. The topological polar surface area (TPSA) is 53.5 Å². The second kappa shape index (κ2) is 6.26. The highest BCUT2D eigenvalue weighted by Gasteiger charge is 2.52. The Labute approximate surface area is 135 Å². The van der Waals surface area contributed by atoms with Crippen LogP contribution in [0.15, 0.2) is 18.5 Å².